The lowest BCUT2D eigenvalue weighted by Crippen LogP contribution is -2.53. The average Bonchev–Trinajstić information content (AvgIpc) is 2.41. The minimum Gasteiger partial charge on any atom is -0.468 e. The van der Waals surface area contributed by atoms with Crippen molar-refractivity contribution in [2.45, 2.75) is 65.0 Å². The van der Waals surface area contributed by atoms with E-state index in [9.17, 15) is 4.79 Å². The van der Waals surface area contributed by atoms with E-state index in [1.165, 1.54) is 7.11 Å². The van der Waals surface area contributed by atoms with Crippen LogP contribution in [0.2, 0.25) is 0 Å². The maximum absolute atomic E-state index is 12.0. The number of carbonyl (C=O) groups is 1. The van der Waals surface area contributed by atoms with Crippen LogP contribution in [0.5, 0.6) is 0 Å². The summed E-state index contributed by atoms with van der Waals surface area (Å²) in [7, 11) is 3.56. The minimum absolute atomic E-state index is 0.155. The van der Waals surface area contributed by atoms with Gasteiger partial charge in [-0.2, -0.15) is 0 Å². The molecule has 4 heteroatoms. The summed E-state index contributed by atoms with van der Waals surface area (Å²) in [5, 5.41) is 3.32. The molecule has 1 unspecified atom stereocenters. The number of rotatable bonds is 9. The lowest BCUT2D eigenvalue weighted by atomic mass is 9.94. The molecule has 0 rings (SSSR count). The third-order valence-electron chi connectivity index (χ3n) is 4.25. The lowest BCUT2D eigenvalue weighted by molar-refractivity contribution is -0.148. The van der Waals surface area contributed by atoms with Gasteiger partial charge in [0.25, 0.3) is 0 Å². The maximum Gasteiger partial charge on any atom is 0.325 e. The van der Waals surface area contributed by atoms with Gasteiger partial charge in [0, 0.05) is 12.1 Å². The number of carbonyl (C=O) groups excluding carboxylic acids is 1. The molecular formula is C15H32N2O2. The van der Waals surface area contributed by atoms with Crippen molar-refractivity contribution in [3.05, 3.63) is 0 Å². The number of nitrogens with zero attached hydrogens (tertiary/aromatic N) is 1. The first-order valence-electron chi connectivity index (χ1n) is 7.28. The van der Waals surface area contributed by atoms with Gasteiger partial charge in [-0.3, -0.25) is 4.79 Å². The molecule has 19 heavy (non-hydrogen) atoms. The zero-order valence-electron chi connectivity index (χ0n) is 13.8. The Bertz CT molecular complexity index is 279. The quantitative estimate of drug-likeness (QED) is 0.655. The summed E-state index contributed by atoms with van der Waals surface area (Å²) in [6.07, 6.45) is 2.84. The molecule has 4 nitrogen and oxygen atoms in total. The van der Waals surface area contributed by atoms with Gasteiger partial charge < -0.3 is 15.0 Å². The molecule has 1 N–H and O–H groups in total. The van der Waals surface area contributed by atoms with Crippen LogP contribution in [-0.2, 0) is 9.53 Å². The molecular weight excluding hydrogens is 240 g/mol. The van der Waals surface area contributed by atoms with Gasteiger partial charge in [0.2, 0.25) is 0 Å². The standard InChI is InChI=1S/C15H32N2O2/c1-8-11-16-15(5,13(18)19-7)10-12-17(6)14(3,4)9-2/h16H,8-12H2,1-7H3. The molecule has 0 aromatic rings. The van der Waals surface area contributed by atoms with E-state index in [1.807, 2.05) is 6.92 Å². The van der Waals surface area contributed by atoms with Gasteiger partial charge in [-0.1, -0.05) is 13.8 Å². The Morgan fingerprint density at radius 2 is 1.84 bits per heavy atom. The van der Waals surface area contributed by atoms with Crippen molar-refractivity contribution < 1.29 is 9.53 Å². The van der Waals surface area contributed by atoms with Crippen molar-refractivity contribution in [1.29, 1.82) is 0 Å². The van der Waals surface area contributed by atoms with Crippen LogP contribution in [0.25, 0.3) is 0 Å². The average molecular weight is 272 g/mol. The van der Waals surface area contributed by atoms with E-state index in [-0.39, 0.29) is 11.5 Å². The summed E-state index contributed by atoms with van der Waals surface area (Å²) in [5.74, 6) is -0.177. The Balaban J connectivity index is 4.62. The summed E-state index contributed by atoms with van der Waals surface area (Å²) >= 11 is 0. The second kappa shape index (κ2) is 7.85. The van der Waals surface area contributed by atoms with Crippen LogP contribution in [0.15, 0.2) is 0 Å². The highest BCUT2D eigenvalue weighted by molar-refractivity contribution is 5.80. The van der Waals surface area contributed by atoms with Gasteiger partial charge in [0.15, 0.2) is 0 Å². The van der Waals surface area contributed by atoms with Crippen molar-refractivity contribution in [2.24, 2.45) is 0 Å². The number of hydrogen-bond donors (Lipinski definition) is 1. The van der Waals surface area contributed by atoms with E-state index in [0.29, 0.717) is 0 Å². The van der Waals surface area contributed by atoms with Crippen LogP contribution in [0.3, 0.4) is 0 Å². The normalized spacial score (nSPS) is 15.4. The molecule has 0 aromatic carbocycles. The SMILES string of the molecule is CCCNC(C)(CCN(C)C(C)(C)CC)C(=O)OC. The second-order valence-electron chi connectivity index (χ2n) is 6.09. The largest absolute Gasteiger partial charge is 0.468 e. The third-order valence-corrected chi connectivity index (χ3v) is 4.25. The van der Waals surface area contributed by atoms with Crippen molar-refractivity contribution in [3.63, 3.8) is 0 Å². The van der Waals surface area contributed by atoms with Crippen molar-refractivity contribution in [1.82, 2.24) is 10.2 Å². The Hall–Kier alpha value is -0.610. The number of esters is 1. The molecule has 0 amide bonds. The van der Waals surface area contributed by atoms with Crippen LogP contribution < -0.4 is 5.32 Å². The minimum atomic E-state index is -0.594. The first-order valence-corrected chi connectivity index (χ1v) is 7.28. The fraction of sp³-hybridized carbons (Fsp3) is 0.933. The maximum atomic E-state index is 12.0. The highest BCUT2D eigenvalue weighted by atomic mass is 16.5. The molecule has 0 saturated heterocycles. The van der Waals surface area contributed by atoms with E-state index < -0.39 is 5.54 Å². The summed E-state index contributed by atoms with van der Waals surface area (Å²) in [4.78, 5) is 14.3. The van der Waals surface area contributed by atoms with Gasteiger partial charge in [-0.25, -0.2) is 0 Å². The Morgan fingerprint density at radius 3 is 2.26 bits per heavy atom. The van der Waals surface area contributed by atoms with Gasteiger partial charge in [0.05, 0.1) is 7.11 Å². The molecule has 0 radical (unpaired) electrons. The topological polar surface area (TPSA) is 41.6 Å². The Labute approximate surface area is 118 Å². The van der Waals surface area contributed by atoms with Crippen LogP contribution in [0.4, 0.5) is 0 Å². The van der Waals surface area contributed by atoms with E-state index in [1.54, 1.807) is 0 Å². The van der Waals surface area contributed by atoms with Crippen molar-refractivity contribution >= 4 is 5.97 Å². The molecule has 114 valence electrons. The number of hydrogen-bond acceptors (Lipinski definition) is 4. The third kappa shape index (κ3) is 5.49. The molecule has 0 fully saturated rings. The van der Waals surface area contributed by atoms with E-state index in [4.69, 9.17) is 4.74 Å². The lowest BCUT2D eigenvalue weighted by Gasteiger charge is -2.37. The summed E-state index contributed by atoms with van der Waals surface area (Å²) in [6, 6.07) is 0. The summed E-state index contributed by atoms with van der Waals surface area (Å²) in [5.41, 5.74) is -0.440. The fourth-order valence-electron chi connectivity index (χ4n) is 1.85. The summed E-state index contributed by atoms with van der Waals surface area (Å²) in [6.45, 7) is 12.4. The molecule has 0 aliphatic carbocycles. The molecule has 0 spiro atoms. The van der Waals surface area contributed by atoms with Crippen LogP contribution in [0.1, 0.15) is 53.9 Å². The van der Waals surface area contributed by atoms with Gasteiger partial charge >= 0.3 is 5.97 Å². The van der Waals surface area contributed by atoms with Crippen LogP contribution in [-0.4, -0.2) is 49.2 Å². The molecule has 0 aliphatic rings. The van der Waals surface area contributed by atoms with E-state index in [2.05, 4.69) is 45.0 Å². The molecule has 0 aromatic heterocycles. The van der Waals surface area contributed by atoms with E-state index >= 15 is 0 Å². The predicted molar refractivity (Wildman–Crippen MR) is 80.3 cm³/mol. The van der Waals surface area contributed by atoms with Crippen molar-refractivity contribution in [2.75, 3.05) is 27.2 Å². The second-order valence-corrected chi connectivity index (χ2v) is 6.09. The number of methoxy groups -OCH3 is 1. The summed E-state index contributed by atoms with van der Waals surface area (Å²) < 4.78 is 4.94. The Morgan fingerprint density at radius 1 is 1.26 bits per heavy atom. The predicted octanol–water partition coefficient (Wildman–Crippen LogP) is 2.43. The smallest absolute Gasteiger partial charge is 0.325 e. The first-order chi connectivity index (χ1) is 8.73. The Kier molecular flexibility index (Phi) is 7.60. The van der Waals surface area contributed by atoms with Gasteiger partial charge in [-0.05, 0) is 53.6 Å². The van der Waals surface area contributed by atoms with Crippen LogP contribution in [0, 0.1) is 0 Å². The van der Waals surface area contributed by atoms with Gasteiger partial charge in [0.1, 0.15) is 5.54 Å². The zero-order valence-corrected chi connectivity index (χ0v) is 13.8. The van der Waals surface area contributed by atoms with E-state index in [0.717, 1.165) is 32.4 Å². The van der Waals surface area contributed by atoms with Gasteiger partial charge in [-0.15, -0.1) is 0 Å². The van der Waals surface area contributed by atoms with Crippen molar-refractivity contribution in [3.8, 4) is 0 Å². The number of ether oxygens (including phenoxy) is 1. The fourth-order valence-corrected chi connectivity index (χ4v) is 1.85. The monoisotopic (exact) mass is 272 g/mol. The highest BCUT2D eigenvalue weighted by Gasteiger charge is 2.34. The molecule has 0 bridgehead atoms. The number of nitrogens with one attached hydrogen (secondary N) is 1. The molecule has 1 atom stereocenters. The zero-order chi connectivity index (χ0) is 15.1. The molecule has 0 heterocycles. The molecule has 0 aliphatic heterocycles. The van der Waals surface area contributed by atoms with Crippen LogP contribution >= 0.6 is 0 Å². The first kappa shape index (κ1) is 18.4. The molecule has 0 saturated carbocycles. The highest BCUT2D eigenvalue weighted by Crippen LogP contribution is 2.20.